The van der Waals surface area contributed by atoms with E-state index < -0.39 is 0 Å². The van der Waals surface area contributed by atoms with Crippen molar-refractivity contribution in [3.05, 3.63) is 0 Å². The third-order valence-corrected chi connectivity index (χ3v) is 2.78. The van der Waals surface area contributed by atoms with E-state index in [0.717, 1.165) is 13.0 Å². The fraction of sp³-hybridized carbons (Fsp3) is 0.900. The zero-order chi connectivity index (χ0) is 10.6. The number of rotatable bonds is 4. The van der Waals surface area contributed by atoms with Gasteiger partial charge in [0.25, 0.3) is 0 Å². The molecular formula is C10H20N2O2. The number of hydrogen-bond donors (Lipinski definition) is 2. The van der Waals surface area contributed by atoms with Gasteiger partial charge in [-0.1, -0.05) is 20.3 Å². The lowest BCUT2D eigenvalue weighted by Crippen LogP contribution is -2.42. The number of hydrogen-bond acceptors (Lipinski definition) is 3. The van der Waals surface area contributed by atoms with E-state index in [1.165, 1.54) is 0 Å². The molecule has 0 aliphatic carbocycles. The van der Waals surface area contributed by atoms with Gasteiger partial charge < -0.3 is 15.8 Å². The van der Waals surface area contributed by atoms with Crippen molar-refractivity contribution in [1.82, 2.24) is 5.32 Å². The number of carbonyl (C=O) groups excluding carboxylic acids is 1. The Hall–Kier alpha value is -0.610. The highest BCUT2D eigenvalue weighted by molar-refractivity contribution is 5.79. The molecule has 3 N–H and O–H groups in total. The Morgan fingerprint density at radius 2 is 2.36 bits per heavy atom. The molecule has 0 aromatic rings. The van der Waals surface area contributed by atoms with Crippen molar-refractivity contribution in [2.75, 3.05) is 19.8 Å². The van der Waals surface area contributed by atoms with Gasteiger partial charge in [-0.15, -0.1) is 0 Å². The van der Waals surface area contributed by atoms with Crippen LogP contribution in [0.1, 0.15) is 20.3 Å². The summed E-state index contributed by atoms with van der Waals surface area (Å²) in [6, 6.07) is -0.132. The minimum atomic E-state index is -0.154. The molecule has 0 aromatic carbocycles. The zero-order valence-corrected chi connectivity index (χ0v) is 8.95. The standard InChI is InChI=1S/C10H20N2O2/c1-3-7(2)4-12-10(13)8-5-14-6-9(8)11/h7-9H,3-6,11H2,1-2H3,(H,12,13). The Kier molecular flexibility index (Phi) is 4.35. The van der Waals surface area contributed by atoms with E-state index in [0.29, 0.717) is 19.1 Å². The van der Waals surface area contributed by atoms with E-state index in [1.807, 2.05) is 0 Å². The number of nitrogens with one attached hydrogen (secondary N) is 1. The highest BCUT2D eigenvalue weighted by Crippen LogP contribution is 2.11. The highest BCUT2D eigenvalue weighted by atomic mass is 16.5. The molecule has 1 amide bonds. The van der Waals surface area contributed by atoms with E-state index in [9.17, 15) is 4.79 Å². The summed E-state index contributed by atoms with van der Waals surface area (Å²) in [5.74, 6) is 0.409. The van der Waals surface area contributed by atoms with Crippen LogP contribution in [0.2, 0.25) is 0 Å². The molecule has 1 aliphatic rings. The number of ether oxygens (including phenoxy) is 1. The molecule has 82 valence electrons. The van der Waals surface area contributed by atoms with Crippen molar-refractivity contribution in [1.29, 1.82) is 0 Å². The molecule has 1 heterocycles. The average molecular weight is 200 g/mol. The van der Waals surface area contributed by atoms with Crippen LogP contribution in [0.4, 0.5) is 0 Å². The van der Waals surface area contributed by atoms with Crippen LogP contribution in [0.25, 0.3) is 0 Å². The van der Waals surface area contributed by atoms with Crippen LogP contribution in [0.15, 0.2) is 0 Å². The monoisotopic (exact) mass is 200 g/mol. The lowest BCUT2D eigenvalue weighted by molar-refractivity contribution is -0.125. The molecule has 14 heavy (non-hydrogen) atoms. The molecule has 4 heteroatoms. The van der Waals surface area contributed by atoms with Gasteiger partial charge in [-0.25, -0.2) is 0 Å². The Bertz CT molecular complexity index is 197. The zero-order valence-electron chi connectivity index (χ0n) is 8.95. The van der Waals surface area contributed by atoms with Crippen LogP contribution in [0.3, 0.4) is 0 Å². The fourth-order valence-corrected chi connectivity index (χ4v) is 1.39. The summed E-state index contributed by atoms with van der Waals surface area (Å²) >= 11 is 0. The molecule has 1 fully saturated rings. The minimum Gasteiger partial charge on any atom is -0.379 e. The van der Waals surface area contributed by atoms with Crippen molar-refractivity contribution >= 4 is 5.91 Å². The maximum Gasteiger partial charge on any atom is 0.227 e. The second kappa shape index (κ2) is 5.32. The van der Waals surface area contributed by atoms with Gasteiger partial charge >= 0.3 is 0 Å². The second-order valence-electron chi connectivity index (χ2n) is 4.07. The molecule has 0 radical (unpaired) electrons. The van der Waals surface area contributed by atoms with Gasteiger partial charge in [0.2, 0.25) is 5.91 Å². The summed E-state index contributed by atoms with van der Waals surface area (Å²) in [4.78, 5) is 11.6. The summed E-state index contributed by atoms with van der Waals surface area (Å²) < 4.78 is 5.14. The van der Waals surface area contributed by atoms with Crippen LogP contribution >= 0.6 is 0 Å². The summed E-state index contributed by atoms with van der Waals surface area (Å²) in [7, 11) is 0. The fourth-order valence-electron chi connectivity index (χ4n) is 1.39. The van der Waals surface area contributed by atoms with Crippen LogP contribution in [-0.2, 0) is 9.53 Å². The molecular weight excluding hydrogens is 180 g/mol. The van der Waals surface area contributed by atoms with Gasteiger partial charge in [-0.05, 0) is 5.92 Å². The van der Waals surface area contributed by atoms with Crippen molar-refractivity contribution < 1.29 is 9.53 Å². The maximum absolute atomic E-state index is 11.6. The van der Waals surface area contributed by atoms with Crippen LogP contribution in [-0.4, -0.2) is 31.7 Å². The lowest BCUT2D eigenvalue weighted by atomic mass is 10.0. The first-order valence-corrected chi connectivity index (χ1v) is 5.26. The van der Waals surface area contributed by atoms with Gasteiger partial charge in [0.05, 0.1) is 19.1 Å². The highest BCUT2D eigenvalue weighted by Gasteiger charge is 2.31. The topological polar surface area (TPSA) is 64.3 Å². The number of amides is 1. The molecule has 0 spiro atoms. The van der Waals surface area contributed by atoms with Crippen LogP contribution in [0, 0.1) is 11.8 Å². The van der Waals surface area contributed by atoms with Crippen molar-refractivity contribution in [2.24, 2.45) is 17.6 Å². The Labute approximate surface area is 85.2 Å². The Morgan fingerprint density at radius 3 is 2.86 bits per heavy atom. The summed E-state index contributed by atoms with van der Waals surface area (Å²) in [5, 5.41) is 2.91. The summed E-state index contributed by atoms with van der Waals surface area (Å²) in [6.07, 6.45) is 1.08. The van der Waals surface area contributed by atoms with E-state index in [4.69, 9.17) is 10.5 Å². The molecule has 4 nitrogen and oxygen atoms in total. The lowest BCUT2D eigenvalue weighted by Gasteiger charge is -2.15. The minimum absolute atomic E-state index is 0.0373. The Morgan fingerprint density at radius 1 is 1.64 bits per heavy atom. The van der Waals surface area contributed by atoms with Gasteiger partial charge in [-0.3, -0.25) is 4.79 Å². The quantitative estimate of drug-likeness (QED) is 0.677. The maximum atomic E-state index is 11.6. The van der Waals surface area contributed by atoms with E-state index in [2.05, 4.69) is 19.2 Å². The summed E-state index contributed by atoms with van der Waals surface area (Å²) in [6.45, 7) is 5.93. The van der Waals surface area contributed by atoms with E-state index in [1.54, 1.807) is 0 Å². The molecule has 0 saturated carbocycles. The van der Waals surface area contributed by atoms with Gasteiger partial charge in [0.15, 0.2) is 0 Å². The number of nitrogens with two attached hydrogens (primary N) is 1. The van der Waals surface area contributed by atoms with Crippen molar-refractivity contribution in [3.8, 4) is 0 Å². The molecule has 3 unspecified atom stereocenters. The SMILES string of the molecule is CCC(C)CNC(=O)C1COCC1N. The largest absolute Gasteiger partial charge is 0.379 e. The van der Waals surface area contributed by atoms with Crippen LogP contribution < -0.4 is 11.1 Å². The molecule has 0 bridgehead atoms. The first-order chi connectivity index (χ1) is 6.65. The predicted molar refractivity (Wildman–Crippen MR) is 54.7 cm³/mol. The molecule has 3 atom stereocenters. The first-order valence-electron chi connectivity index (χ1n) is 5.26. The number of carbonyl (C=O) groups is 1. The van der Waals surface area contributed by atoms with E-state index >= 15 is 0 Å². The molecule has 1 rings (SSSR count). The summed E-state index contributed by atoms with van der Waals surface area (Å²) in [5.41, 5.74) is 5.73. The smallest absolute Gasteiger partial charge is 0.227 e. The van der Waals surface area contributed by atoms with Gasteiger partial charge in [-0.2, -0.15) is 0 Å². The average Bonchev–Trinajstić information content (AvgIpc) is 2.60. The van der Waals surface area contributed by atoms with Gasteiger partial charge in [0.1, 0.15) is 0 Å². The van der Waals surface area contributed by atoms with Crippen molar-refractivity contribution in [3.63, 3.8) is 0 Å². The Balaban J connectivity index is 2.27. The van der Waals surface area contributed by atoms with Gasteiger partial charge in [0, 0.05) is 12.6 Å². The first kappa shape index (κ1) is 11.5. The van der Waals surface area contributed by atoms with Crippen LogP contribution in [0.5, 0.6) is 0 Å². The molecule has 0 aromatic heterocycles. The normalized spacial score (nSPS) is 28.8. The third-order valence-electron chi connectivity index (χ3n) is 2.78. The third kappa shape index (κ3) is 2.96. The van der Waals surface area contributed by atoms with E-state index in [-0.39, 0.29) is 17.9 Å². The second-order valence-corrected chi connectivity index (χ2v) is 4.07. The molecule has 1 aliphatic heterocycles. The predicted octanol–water partition coefficient (Wildman–Crippen LogP) is 0.122. The van der Waals surface area contributed by atoms with Crippen molar-refractivity contribution in [2.45, 2.75) is 26.3 Å². The molecule has 1 saturated heterocycles.